The lowest BCUT2D eigenvalue weighted by Gasteiger charge is -2.21. The van der Waals surface area contributed by atoms with Gasteiger partial charge in [0.2, 0.25) is 5.28 Å². The van der Waals surface area contributed by atoms with Gasteiger partial charge in [-0.3, -0.25) is 0 Å². The lowest BCUT2D eigenvalue weighted by Crippen LogP contribution is -2.31. The molecule has 0 aliphatic carbocycles. The highest BCUT2D eigenvalue weighted by Crippen LogP contribution is 2.29. The second-order valence-corrected chi connectivity index (χ2v) is 6.49. The summed E-state index contributed by atoms with van der Waals surface area (Å²) in [5.74, 6) is 0.830. The maximum absolute atomic E-state index is 5.96. The van der Waals surface area contributed by atoms with E-state index in [-0.39, 0.29) is 0 Å². The van der Waals surface area contributed by atoms with E-state index in [9.17, 15) is 0 Å². The second-order valence-electron chi connectivity index (χ2n) is 4.92. The molecule has 0 atom stereocenters. The third kappa shape index (κ3) is 3.55. The molecule has 0 aliphatic heterocycles. The topological polar surface area (TPSA) is 41.0 Å². The lowest BCUT2D eigenvalue weighted by molar-refractivity contribution is 0.284. The molecule has 0 fully saturated rings. The number of aryl methyl sites for hydroxylation is 1. The van der Waals surface area contributed by atoms with E-state index in [0.717, 1.165) is 29.1 Å². The number of anilines is 1. The highest BCUT2D eigenvalue weighted by molar-refractivity contribution is 7.18. The molecule has 2 aromatic rings. The minimum atomic E-state index is 0.300. The van der Waals surface area contributed by atoms with Crippen molar-refractivity contribution in [3.63, 3.8) is 0 Å². The Kier molecular flexibility index (Phi) is 4.60. The van der Waals surface area contributed by atoms with Gasteiger partial charge in [0.1, 0.15) is 10.6 Å². The predicted octanol–water partition coefficient (Wildman–Crippen LogP) is 3.41. The largest absolute Gasteiger partial charge is 0.368 e. The number of aromatic nitrogens is 2. The minimum absolute atomic E-state index is 0.300. The molecule has 0 aromatic carbocycles. The molecule has 0 amide bonds. The van der Waals surface area contributed by atoms with Crippen LogP contribution < -0.4 is 5.32 Å². The Morgan fingerprint density at radius 2 is 2.16 bits per heavy atom. The highest BCUT2D eigenvalue weighted by atomic mass is 35.5. The van der Waals surface area contributed by atoms with E-state index in [0.29, 0.717) is 11.3 Å². The number of nitrogens with zero attached hydrogens (tertiary/aromatic N) is 3. The van der Waals surface area contributed by atoms with Crippen LogP contribution in [0.1, 0.15) is 18.7 Å². The van der Waals surface area contributed by atoms with Crippen LogP contribution in [-0.2, 0) is 0 Å². The van der Waals surface area contributed by atoms with Gasteiger partial charge in [-0.05, 0) is 45.5 Å². The number of hydrogen-bond acceptors (Lipinski definition) is 5. The number of fused-ring (bicyclic) bond motifs is 1. The quantitative estimate of drug-likeness (QED) is 0.859. The third-order valence-corrected chi connectivity index (χ3v) is 4.24. The van der Waals surface area contributed by atoms with Crippen molar-refractivity contribution in [3.8, 4) is 0 Å². The van der Waals surface area contributed by atoms with Crippen LogP contribution in [0.2, 0.25) is 5.28 Å². The fourth-order valence-electron chi connectivity index (χ4n) is 1.76. The predicted molar refractivity (Wildman–Crippen MR) is 83.4 cm³/mol. The van der Waals surface area contributed by atoms with E-state index < -0.39 is 0 Å². The van der Waals surface area contributed by atoms with Gasteiger partial charge in [-0.2, -0.15) is 0 Å². The zero-order valence-corrected chi connectivity index (χ0v) is 13.3. The Morgan fingerprint density at radius 1 is 1.42 bits per heavy atom. The number of hydrogen-bond donors (Lipinski definition) is 1. The van der Waals surface area contributed by atoms with E-state index >= 15 is 0 Å². The fourth-order valence-corrected chi connectivity index (χ4v) is 2.86. The molecule has 0 unspecified atom stereocenters. The van der Waals surface area contributed by atoms with Crippen LogP contribution in [0.25, 0.3) is 10.2 Å². The van der Waals surface area contributed by atoms with Gasteiger partial charge in [0, 0.05) is 24.0 Å². The van der Waals surface area contributed by atoms with Crippen molar-refractivity contribution in [2.24, 2.45) is 0 Å². The number of nitrogens with one attached hydrogen (secondary N) is 1. The van der Waals surface area contributed by atoms with Gasteiger partial charge in [0.25, 0.3) is 0 Å². The zero-order valence-electron chi connectivity index (χ0n) is 11.7. The lowest BCUT2D eigenvalue weighted by atomic mass is 10.3. The standard InChI is InChI=1S/C13H19ClN4S/c1-8(2)18(4)6-5-15-11-10-7-9(3)19-12(10)17-13(14)16-11/h7-8H,5-6H2,1-4H3,(H,15,16,17). The first-order valence-electron chi connectivity index (χ1n) is 6.35. The summed E-state index contributed by atoms with van der Waals surface area (Å²) in [7, 11) is 2.11. The minimum Gasteiger partial charge on any atom is -0.368 e. The Balaban J connectivity index is 2.11. The SMILES string of the molecule is Cc1cc2c(NCCN(C)C(C)C)nc(Cl)nc2s1. The van der Waals surface area contributed by atoms with Crippen LogP contribution in [0.3, 0.4) is 0 Å². The highest BCUT2D eigenvalue weighted by Gasteiger charge is 2.10. The van der Waals surface area contributed by atoms with Crippen LogP contribution >= 0.6 is 22.9 Å². The first-order chi connectivity index (χ1) is 8.97. The van der Waals surface area contributed by atoms with E-state index in [1.165, 1.54) is 4.88 Å². The molecule has 19 heavy (non-hydrogen) atoms. The molecule has 2 aromatic heterocycles. The number of thiophene rings is 1. The first kappa shape index (κ1) is 14.5. The molecule has 0 radical (unpaired) electrons. The van der Waals surface area contributed by atoms with Crippen molar-refractivity contribution in [3.05, 3.63) is 16.2 Å². The Labute approximate surface area is 122 Å². The Hall–Kier alpha value is -0.910. The normalized spacial score (nSPS) is 11.7. The van der Waals surface area contributed by atoms with Crippen LogP contribution in [0, 0.1) is 6.92 Å². The summed E-state index contributed by atoms with van der Waals surface area (Å²) in [5.41, 5.74) is 0. The van der Waals surface area contributed by atoms with Crippen molar-refractivity contribution in [2.45, 2.75) is 26.8 Å². The van der Waals surface area contributed by atoms with Gasteiger partial charge in [0.15, 0.2) is 0 Å². The van der Waals surface area contributed by atoms with E-state index in [1.807, 2.05) is 0 Å². The third-order valence-electron chi connectivity index (χ3n) is 3.13. The van der Waals surface area contributed by atoms with Gasteiger partial charge in [-0.1, -0.05) is 0 Å². The van der Waals surface area contributed by atoms with Gasteiger partial charge in [-0.15, -0.1) is 11.3 Å². The molecule has 0 saturated carbocycles. The van der Waals surface area contributed by atoms with Crippen molar-refractivity contribution in [2.75, 3.05) is 25.5 Å². The van der Waals surface area contributed by atoms with Crippen LogP contribution in [0.5, 0.6) is 0 Å². The summed E-state index contributed by atoms with van der Waals surface area (Å²) < 4.78 is 0. The molecule has 0 spiro atoms. The van der Waals surface area contributed by atoms with Crippen molar-refractivity contribution >= 4 is 39.0 Å². The molecule has 0 bridgehead atoms. The van der Waals surface area contributed by atoms with Crippen molar-refractivity contribution < 1.29 is 0 Å². The van der Waals surface area contributed by atoms with Crippen LogP contribution in [0.4, 0.5) is 5.82 Å². The number of halogens is 1. The maximum atomic E-state index is 5.96. The van der Waals surface area contributed by atoms with Crippen LogP contribution in [0.15, 0.2) is 6.07 Å². The van der Waals surface area contributed by atoms with Crippen LogP contribution in [-0.4, -0.2) is 41.0 Å². The number of likely N-dealkylation sites (N-methyl/N-ethyl adjacent to an activating group) is 1. The second kappa shape index (κ2) is 6.03. The fraction of sp³-hybridized carbons (Fsp3) is 0.538. The molecular formula is C13H19ClN4S. The molecule has 4 nitrogen and oxygen atoms in total. The summed E-state index contributed by atoms with van der Waals surface area (Å²) in [6, 6.07) is 2.64. The molecule has 2 heterocycles. The van der Waals surface area contributed by atoms with Gasteiger partial charge in [0.05, 0.1) is 5.39 Å². The maximum Gasteiger partial charge on any atom is 0.225 e. The monoisotopic (exact) mass is 298 g/mol. The zero-order chi connectivity index (χ0) is 14.0. The molecule has 2 rings (SSSR count). The van der Waals surface area contributed by atoms with E-state index in [1.54, 1.807) is 11.3 Å². The van der Waals surface area contributed by atoms with E-state index in [2.05, 4.69) is 54.1 Å². The van der Waals surface area contributed by atoms with Gasteiger partial charge < -0.3 is 10.2 Å². The first-order valence-corrected chi connectivity index (χ1v) is 7.54. The average molecular weight is 299 g/mol. The summed E-state index contributed by atoms with van der Waals surface area (Å²) in [4.78, 5) is 13.0. The molecule has 1 N–H and O–H groups in total. The summed E-state index contributed by atoms with van der Waals surface area (Å²) >= 11 is 7.60. The number of rotatable bonds is 5. The van der Waals surface area contributed by atoms with E-state index in [4.69, 9.17) is 11.6 Å². The summed E-state index contributed by atoms with van der Waals surface area (Å²) in [6.07, 6.45) is 0. The van der Waals surface area contributed by atoms with Crippen molar-refractivity contribution in [1.82, 2.24) is 14.9 Å². The average Bonchev–Trinajstić information content (AvgIpc) is 2.68. The summed E-state index contributed by atoms with van der Waals surface area (Å²) in [6.45, 7) is 8.23. The van der Waals surface area contributed by atoms with Gasteiger partial charge in [-0.25, -0.2) is 9.97 Å². The molecular weight excluding hydrogens is 280 g/mol. The Bertz CT molecular complexity index is 567. The molecule has 6 heteroatoms. The smallest absolute Gasteiger partial charge is 0.225 e. The molecule has 0 aliphatic rings. The van der Waals surface area contributed by atoms with Gasteiger partial charge >= 0.3 is 0 Å². The summed E-state index contributed by atoms with van der Waals surface area (Å²) in [5, 5.41) is 4.71. The Morgan fingerprint density at radius 3 is 2.84 bits per heavy atom. The molecule has 0 saturated heterocycles. The van der Waals surface area contributed by atoms with Crippen molar-refractivity contribution in [1.29, 1.82) is 0 Å². The molecule has 104 valence electrons.